The number of aliphatic imine (C=N–C) groups is 1. The third-order valence-electron chi connectivity index (χ3n) is 5.12. The highest BCUT2D eigenvalue weighted by molar-refractivity contribution is 8.16. The summed E-state index contributed by atoms with van der Waals surface area (Å²) in [6.45, 7) is 0. The number of amidine groups is 1. The highest BCUT2D eigenvalue weighted by atomic mass is 32.2. The number of hydrogen-bond acceptors (Lipinski definition) is 6. The van der Waals surface area contributed by atoms with Crippen molar-refractivity contribution in [3.63, 3.8) is 0 Å². The Kier molecular flexibility index (Phi) is 5.75. The minimum Gasteiger partial charge on any atom is -0.493 e. The predicted octanol–water partition coefficient (Wildman–Crippen LogP) is 2.55. The van der Waals surface area contributed by atoms with Crippen LogP contribution in [0.25, 0.3) is 0 Å². The first-order chi connectivity index (χ1) is 14.4. The predicted molar refractivity (Wildman–Crippen MR) is 118 cm³/mol. The number of carbonyl (C=O) groups excluding carboxylic acids is 1. The fourth-order valence-electron chi connectivity index (χ4n) is 3.77. The number of nitrogens with zero attached hydrogens (tertiary/aromatic N) is 2. The number of sulfone groups is 1. The number of methoxy groups -OCH3 is 2. The first-order valence-electron chi connectivity index (χ1n) is 9.44. The molecule has 30 heavy (non-hydrogen) atoms. The normalized spacial score (nSPS) is 23.4. The van der Waals surface area contributed by atoms with Crippen molar-refractivity contribution in [1.82, 2.24) is 0 Å². The average Bonchev–Trinajstić information content (AvgIpc) is 3.18. The summed E-state index contributed by atoms with van der Waals surface area (Å²) >= 11 is 1.37. The summed E-state index contributed by atoms with van der Waals surface area (Å²) in [6, 6.07) is 14.6. The molecule has 0 aromatic heterocycles. The number of rotatable bonds is 5. The zero-order valence-electron chi connectivity index (χ0n) is 16.6. The van der Waals surface area contributed by atoms with Crippen molar-refractivity contribution in [3.05, 3.63) is 54.1 Å². The van der Waals surface area contributed by atoms with Crippen LogP contribution in [0.5, 0.6) is 11.5 Å². The highest BCUT2D eigenvalue weighted by Crippen LogP contribution is 2.41. The lowest BCUT2D eigenvalue weighted by Crippen LogP contribution is -2.37. The molecule has 158 valence electrons. The molecule has 2 aromatic carbocycles. The Hall–Kier alpha value is -2.52. The monoisotopic (exact) mass is 446 g/mol. The Labute approximate surface area is 180 Å². The van der Waals surface area contributed by atoms with Crippen LogP contribution >= 0.6 is 11.8 Å². The number of fused-ring (bicyclic) bond motifs is 1. The van der Waals surface area contributed by atoms with Crippen LogP contribution in [0.4, 0.5) is 5.69 Å². The highest BCUT2D eigenvalue weighted by Gasteiger charge is 2.49. The van der Waals surface area contributed by atoms with E-state index in [0.29, 0.717) is 16.7 Å². The van der Waals surface area contributed by atoms with E-state index in [9.17, 15) is 13.2 Å². The van der Waals surface area contributed by atoms with Gasteiger partial charge in [-0.15, -0.1) is 0 Å². The SMILES string of the molecule is COc1ccc(CC(=O)N=C2S[C@@H]3CS(=O)(=O)C[C@H]3N2c2ccccc2)cc1OC. The fraction of sp³-hybridized carbons (Fsp3) is 0.333. The van der Waals surface area contributed by atoms with Gasteiger partial charge in [0.2, 0.25) is 0 Å². The van der Waals surface area contributed by atoms with Gasteiger partial charge in [-0.3, -0.25) is 4.79 Å². The second kappa shape index (κ2) is 8.31. The van der Waals surface area contributed by atoms with E-state index in [1.165, 1.54) is 11.8 Å². The largest absolute Gasteiger partial charge is 0.493 e. The van der Waals surface area contributed by atoms with E-state index in [1.807, 2.05) is 35.2 Å². The van der Waals surface area contributed by atoms with E-state index in [-0.39, 0.29) is 35.1 Å². The molecule has 2 saturated heterocycles. The first kappa shape index (κ1) is 20.7. The van der Waals surface area contributed by atoms with Gasteiger partial charge in [0.15, 0.2) is 26.5 Å². The van der Waals surface area contributed by atoms with Gasteiger partial charge in [-0.05, 0) is 29.8 Å². The molecule has 0 unspecified atom stereocenters. The van der Waals surface area contributed by atoms with Gasteiger partial charge in [0.25, 0.3) is 5.91 Å². The number of ether oxygens (including phenoxy) is 2. The zero-order chi connectivity index (χ0) is 21.3. The molecule has 0 radical (unpaired) electrons. The van der Waals surface area contributed by atoms with Crippen molar-refractivity contribution in [2.45, 2.75) is 17.7 Å². The molecule has 2 aliphatic heterocycles. The van der Waals surface area contributed by atoms with E-state index in [2.05, 4.69) is 4.99 Å². The maximum Gasteiger partial charge on any atom is 0.252 e. The van der Waals surface area contributed by atoms with Crippen molar-refractivity contribution in [3.8, 4) is 11.5 Å². The summed E-state index contributed by atoms with van der Waals surface area (Å²) in [5.74, 6) is 1.03. The Morgan fingerprint density at radius 3 is 2.53 bits per heavy atom. The molecular weight excluding hydrogens is 424 g/mol. The summed E-state index contributed by atoms with van der Waals surface area (Å²) in [5.41, 5.74) is 1.60. The molecule has 2 heterocycles. The smallest absolute Gasteiger partial charge is 0.252 e. The maximum atomic E-state index is 12.7. The van der Waals surface area contributed by atoms with Crippen molar-refractivity contribution in [1.29, 1.82) is 0 Å². The molecule has 7 nitrogen and oxygen atoms in total. The van der Waals surface area contributed by atoms with Crippen molar-refractivity contribution < 1.29 is 22.7 Å². The second-order valence-electron chi connectivity index (χ2n) is 7.16. The number of thioether (sulfide) groups is 1. The summed E-state index contributed by atoms with van der Waals surface area (Å²) < 4.78 is 34.8. The minimum absolute atomic E-state index is 0.0719. The topological polar surface area (TPSA) is 85.3 Å². The van der Waals surface area contributed by atoms with Crippen molar-refractivity contribution in [2.24, 2.45) is 4.99 Å². The van der Waals surface area contributed by atoms with Crippen LogP contribution in [0.15, 0.2) is 53.5 Å². The summed E-state index contributed by atoms with van der Waals surface area (Å²) in [6.07, 6.45) is 0.112. The van der Waals surface area contributed by atoms with Crippen LogP contribution in [0.3, 0.4) is 0 Å². The van der Waals surface area contributed by atoms with Gasteiger partial charge in [0, 0.05) is 10.9 Å². The molecule has 0 bridgehead atoms. The Morgan fingerprint density at radius 2 is 1.83 bits per heavy atom. The van der Waals surface area contributed by atoms with E-state index in [0.717, 1.165) is 11.3 Å². The van der Waals surface area contributed by atoms with E-state index in [1.54, 1.807) is 32.4 Å². The van der Waals surface area contributed by atoms with Gasteiger partial charge in [-0.1, -0.05) is 36.0 Å². The molecule has 2 fully saturated rings. The van der Waals surface area contributed by atoms with Crippen molar-refractivity contribution in [2.75, 3.05) is 30.6 Å². The third kappa shape index (κ3) is 4.17. The van der Waals surface area contributed by atoms with Gasteiger partial charge in [0.05, 0.1) is 38.2 Å². The zero-order valence-corrected chi connectivity index (χ0v) is 18.3. The summed E-state index contributed by atoms with van der Waals surface area (Å²) in [4.78, 5) is 19.0. The van der Waals surface area contributed by atoms with Gasteiger partial charge in [-0.2, -0.15) is 4.99 Å². The first-order valence-corrected chi connectivity index (χ1v) is 12.1. The average molecular weight is 447 g/mol. The number of anilines is 1. The number of benzene rings is 2. The van der Waals surface area contributed by atoms with E-state index in [4.69, 9.17) is 9.47 Å². The van der Waals surface area contributed by atoms with Crippen LogP contribution < -0.4 is 14.4 Å². The Balaban J connectivity index is 1.59. The lowest BCUT2D eigenvalue weighted by molar-refractivity contribution is -0.117. The summed E-state index contributed by atoms with van der Waals surface area (Å²) in [7, 11) is 0.0124. The quantitative estimate of drug-likeness (QED) is 0.698. The lowest BCUT2D eigenvalue weighted by Gasteiger charge is -2.24. The molecule has 0 saturated carbocycles. The Bertz CT molecular complexity index is 1090. The maximum absolute atomic E-state index is 12.7. The minimum atomic E-state index is -3.09. The Morgan fingerprint density at radius 1 is 1.10 bits per heavy atom. The number of para-hydroxylation sites is 1. The van der Waals surface area contributed by atoms with Crippen molar-refractivity contribution >= 4 is 38.4 Å². The molecule has 2 atom stereocenters. The lowest BCUT2D eigenvalue weighted by atomic mass is 10.1. The summed E-state index contributed by atoms with van der Waals surface area (Å²) in [5, 5.41) is 0.430. The molecular formula is C21H22N2O5S2. The third-order valence-corrected chi connectivity index (χ3v) is 8.33. The van der Waals surface area contributed by atoms with Gasteiger partial charge >= 0.3 is 0 Å². The van der Waals surface area contributed by atoms with Crippen LogP contribution in [0.1, 0.15) is 5.56 Å². The number of amides is 1. The van der Waals surface area contributed by atoms with Gasteiger partial charge < -0.3 is 14.4 Å². The van der Waals surface area contributed by atoms with Crippen LogP contribution in [0.2, 0.25) is 0 Å². The molecule has 0 spiro atoms. The molecule has 0 N–H and O–H groups in total. The molecule has 9 heteroatoms. The van der Waals surface area contributed by atoms with Crippen LogP contribution in [-0.2, 0) is 21.1 Å². The second-order valence-corrected chi connectivity index (χ2v) is 10.5. The number of carbonyl (C=O) groups is 1. The molecule has 0 aliphatic carbocycles. The molecule has 2 aliphatic rings. The molecule has 4 rings (SSSR count). The van der Waals surface area contributed by atoms with E-state index < -0.39 is 9.84 Å². The van der Waals surface area contributed by atoms with Gasteiger partial charge in [-0.25, -0.2) is 8.42 Å². The fourth-order valence-corrected chi connectivity index (χ4v) is 7.70. The molecule has 2 aromatic rings. The molecule has 1 amide bonds. The van der Waals surface area contributed by atoms with E-state index >= 15 is 0 Å². The van der Waals surface area contributed by atoms with Crippen LogP contribution in [-0.4, -0.2) is 56.5 Å². The van der Waals surface area contributed by atoms with Gasteiger partial charge in [0.1, 0.15) is 0 Å². The van der Waals surface area contributed by atoms with Crippen LogP contribution in [0, 0.1) is 0 Å². The number of hydrogen-bond donors (Lipinski definition) is 0. The standard InChI is InChI=1S/C21H22N2O5S2/c1-27-17-9-8-14(10-18(17)28-2)11-20(24)22-21-23(15-6-4-3-5-7-15)16-12-30(25,26)13-19(16)29-21/h3-10,16,19H,11-13H2,1-2H3/t16-,19-/m1/s1.